The molecule has 1 aliphatic rings. The van der Waals surface area contributed by atoms with Gasteiger partial charge in [-0.2, -0.15) is 0 Å². The zero-order chi connectivity index (χ0) is 17.8. The van der Waals surface area contributed by atoms with Crippen LogP contribution in [0.5, 0.6) is 0 Å². The summed E-state index contributed by atoms with van der Waals surface area (Å²) < 4.78 is 1.66. The summed E-state index contributed by atoms with van der Waals surface area (Å²) in [6, 6.07) is 7.68. The Hall–Kier alpha value is -2.57. The highest BCUT2D eigenvalue weighted by molar-refractivity contribution is 5.89. The van der Waals surface area contributed by atoms with Crippen LogP contribution >= 0.6 is 0 Å². The first kappa shape index (κ1) is 17.3. The fourth-order valence-electron chi connectivity index (χ4n) is 3.32. The van der Waals surface area contributed by atoms with Crippen molar-refractivity contribution < 1.29 is 9.59 Å². The number of carbonyl (C=O) groups is 2. The second-order valence-corrected chi connectivity index (χ2v) is 6.32. The molecule has 7 heteroatoms. The maximum atomic E-state index is 12.7. The van der Waals surface area contributed by atoms with E-state index < -0.39 is 0 Å². The maximum absolute atomic E-state index is 12.7. The summed E-state index contributed by atoms with van der Waals surface area (Å²) in [7, 11) is 0. The Balaban J connectivity index is 1.67. The zero-order valence-corrected chi connectivity index (χ0v) is 14.8. The molecule has 2 heterocycles. The summed E-state index contributed by atoms with van der Waals surface area (Å²) in [5, 5.41) is 0. The van der Waals surface area contributed by atoms with E-state index in [4.69, 9.17) is 0 Å². The summed E-state index contributed by atoms with van der Waals surface area (Å²) >= 11 is 0. The second kappa shape index (κ2) is 7.55. The smallest absolute Gasteiger partial charge is 0.320 e. The van der Waals surface area contributed by atoms with Gasteiger partial charge in [-0.25, -0.2) is 14.5 Å². The Morgan fingerprint density at radius 2 is 2.04 bits per heavy atom. The van der Waals surface area contributed by atoms with Crippen LogP contribution in [-0.2, 0) is 4.79 Å². The van der Waals surface area contributed by atoms with E-state index >= 15 is 0 Å². The highest BCUT2D eigenvalue weighted by atomic mass is 16.2. The van der Waals surface area contributed by atoms with E-state index in [9.17, 15) is 9.59 Å². The lowest BCUT2D eigenvalue weighted by Crippen LogP contribution is -2.49. The molecule has 3 amide bonds. The summed E-state index contributed by atoms with van der Waals surface area (Å²) in [6.07, 6.45) is 3.25. The first-order valence-electron chi connectivity index (χ1n) is 8.90. The highest BCUT2D eigenvalue weighted by Crippen LogP contribution is 2.19. The molecule has 0 spiro atoms. The van der Waals surface area contributed by atoms with Crippen LogP contribution in [0.25, 0.3) is 11.0 Å². The molecule has 0 saturated carbocycles. The first-order chi connectivity index (χ1) is 12.1. The van der Waals surface area contributed by atoms with Crippen molar-refractivity contribution in [3.05, 3.63) is 30.6 Å². The molecule has 7 nitrogen and oxygen atoms in total. The Morgan fingerprint density at radius 1 is 1.28 bits per heavy atom. The number of nitrogens with zero attached hydrogens (tertiary/aromatic N) is 4. The van der Waals surface area contributed by atoms with Crippen molar-refractivity contribution in [1.82, 2.24) is 19.5 Å². The van der Waals surface area contributed by atoms with Crippen LogP contribution in [0.4, 0.5) is 4.79 Å². The van der Waals surface area contributed by atoms with Crippen LogP contribution in [0.1, 0.15) is 26.7 Å². The van der Waals surface area contributed by atoms with Crippen molar-refractivity contribution in [3.63, 3.8) is 0 Å². The highest BCUT2D eigenvalue weighted by Gasteiger charge is 2.30. The number of piperidine rings is 1. The van der Waals surface area contributed by atoms with Gasteiger partial charge in [0.2, 0.25) is 5.91 Å². The molecular weight excluding hydrogens is 318 g/mol. The lowest BCUT2D eigenvalue weighted by Gasteiger charge is -2.35. The lowest BCUT2D eigenvalue weighted by atomic mass is 9.97. The monoisotopic (exact) mass is 343 g/mol. The quantitative estimate of drug-likeness (QED) is 0.926. The first-order valence-corrected chi connectivity index (χ1v) is 8.90. The van der Waals surface area contributed by atoms with E-state index in [1.165, 1.54) is 0 Å². The third-order valence-electron chi connectivity index (χ3n) is 4.78. The Morgan fingerprint density at radius 3 is 2.80 bits per heavy atom. The molecule has 1 aromatic heterocycles. The molecular formula is C18H25N5O2. The number of amides is 3. The van der Waals surface area contributed by atoms with Crippen molar-refractivity contribution >= 4 is 23.0 Å². The van der Waals surface area contributed by atoms with Gasteiger partial charge in [-0.3, -0.25) is 10.2 Å². The molecule has 0 bridgehead atoms. The van der Waals surface area contributed by atoms with Crippen LogP contribution in [-0.4, -0.2) is 57.6 Å². The van der Waals surface area contributed by atoms with Crippen LogP contribution in [0.15, 0.2) is 30.6 Å². The summed E-state index contributed by atoms with van der Waals surface area (Å²) in [4.78, 5) is 33.1. The number of urea groups is 1. The van der Waals surface area contributed by atoms with Crippen molar-refractivity contribution in [1.29, 1.82) is 0 Å². The summed E-state index contributed by atoms with van der Waals surface area (Å²) in [6.45, 7) is 6.49. The van der Waals surface area contributed by atoms with E-state index in [1.807, 2.05) is 38.1 Å². The number of hydrogen-bond acceptors (Lipinski definition) is 3. The molecule has 1 fully saturated rings. The zero-order valence-electron chi connectivity index (χ0n) is 14.8. The number of carbonyl (C=O) groups excluding carboxylic acids is 2. The van der Waals surface area contributed by atoms with Crippen molar-refractivity contribution in [2.24, 2.45) is 5.92 Å². The Bertz CT molecular complexity index is 753. The third-order valence-corrected chi connectivity index (χ3v) is 4.78. The predicted molar refractivity (Wildman–Crippen MR) is 96.7 cm³/mol. The van der Waals surface area contributed by atoms with Crippen LogP contribution in [0.2, 0.25) is 0 Å². The molecule has 1 aromatic carbocycles. The van der Waals surface area contributed by atoms with Crippen LogP contribution in [0, 0.1) is 5.92 Å². The molecule has 1 unspecified atom stereocenters. The van der Waals surface area contributed by atoms with Gasteiger partial charge in [0.25, 0.3) is 0 Å². The Kier molecular flexibility index (Phi) is 5.21. The molecule has 25 heavy (non-hydrogen) atoms. The number of nitrogens with one attached hydrogen (secondary N) is 1. The fourth-order valence-corrected chi connectivity index (χ4v) is 3.32. The van der Waals surface area contributed by atoms with E-state index in [0.717, 1.165) is 23.9 Å². The fraction of sp³-hybridized carbons (Fsp3) is 0.500. The van der Waals surface area contributed by atoms with Crippen molar-refractivity contribution in [3.8, 4) is 0 Å². The molecule has 2 aromatic rings. The molecule has 3 rings (SSSR count). The van der Waals surface area contributed by atoms with Gasteiger partial charge in [0.15, 0.2) is 0 Å². The molecule has 0 aliphatic carbocycles. The standard InChI is InChI=1S/C18H25N5O2/c1-3-21(4-2)18(25)22-11-7-8-14(12-22)17(24)20-23-13-19-15-9-5-6-10-16(15)23/h5-6,9-10,13-14H,3-4,7-8,11-12H2,1-2H3,(H,20,24). The number of fused-ring (bicyclic) bond motifs is 1. The van der Waals surface area contributed by atoms with Gasteiger partial charge in [-0.05, 0) is 38.8 Å². The number of aromatic nitrogens is 2. The number of rotatable bonds is 4. The normalized spacial score (nSPS) is 17.5. The van der Waals surface area contributed by atoms with Crippen LogP contribution < -0.4 is 5.43 Å². The number of para-hydroxylation sites is 2. The lowest BCUT2D eigenvalue weighted by molar-refractivity contribution is -0.122. The number of benzene rings is 1. The second-order valence-electron chi connectivity index (χ2n) is 6.32. The average Bonchev–Trinajstić information content (AvgIpc) is 3.06. The summed E-state index contributed by atoms with van der Waals surface area (Å²) in [5.74, 6) is -0.269. The molecule has 1 atom stereocenters. The minimum Gasteiger partial charge on any atom is -0.325 e. The number of likely N-dealkylation sites (tertiary alicyclic amines) is 1. The van der Waals surface area contributed by atoms with Crippen LogP contribution in [0.3, 0.4) is 0 Å². The van der Waals surface area contributed by atoms with Gasteiger partial charge >= 0.3 is 6.03 Å². The van der Waals surface area contributed by atoms with E-state index in [1.54, 1.807) is 20.8 Å². The molecule has 0 radical (unpaired) electrons. The average molecular weight is 343 g/mol. The minimum absolute atomic E-state index is 0.0237. The molecule has 1 N–H and O–H groups in total. The van der Waals surface area contributed by atoms with E-state index in [0.29, 0.717) is 26.2 Å². The van der Waals surface area contributed by atoms with E-state index in [2.05, 4.69) is 10.4 Å². The van der Waals surface area contributed by atoms with Crippen molar-refractivity contribution in [2.75, 3.05) is 31.6 Å². The maximum Gasteiger partial charge on any atom is 0.320 e. The van der Waals surface area contributed by atoms with Gasteiger partial charge in [0.05, 0.1) is 17.0 Å². The molecule has 1 aliphatic heterocycles. The van der Waals surface area contributed by atoms with Gasteiger partial charge in [0.1, 0.15) is 6.33 Å². The van der Waals surface area contributed by atoms with Gasteiger partial charge in [0, 0.05) is 26.2 Å². The Labute approximate surface area is 147 Å². The minimum atomic E-state index is -0.200. The largest absolute Gasteiger partial charge is 0.325 e. The van der Waals surface area contributed by atoms with Gasteiger partial charge < -0.3 is 9.80 Å². The number of imidazole rings is 1. The summed E-state index contributed by atoms with van der Waals surface area (Å²) in [5.41, 5.74) is 4.62. The van der Waals surface area contributed by atoms with Gasteiger partial charge in [-0.1, -0.05) is 12.1 Å². The topological polar surface area (TPSA) is 70.5 Å². The SMILES string of the molecule is CCN(CC)C(=O)N1CCCC(C(=O)Nn2cnc3ccccc32)C1. The molecule has 134 valence electrons. The predicted octanol–water partition coefficient (Wildman–Crippen LogP) is 2.28. The molecule has 1 saturated heterocycles. The number of hydrogen-bond donors (Lipinski definition) is 1. The van der Waals surface area contributed by atoms with Gasteiger partial charge in [-0.15, -0.1) is 0 Å². The third kappa shape index (κ3) is 3.60. The van der Waals surface area contributed by atoms with E-state index in [-0.39, 0.29) is 17.9 Å². The van der Waals surface area contributed by atoms with Crippen molar-refractivity contribution in [2.45, 2.75) is 26.7 Å².